The van der Waals surface area contributed by atoms with Gasteiger partial charge in [0.1, 0.15) is 5.69 Å². The first-order chi connectivity index (χ1) is 19.0. The molecule has 0 aliphatic carbocycles. The third kappa shape index (κ3) is 5.80. The van der Waals surface area contributed by atoms with Crippen LogP contribution in [0.25, 0.3) is 22.0 Å². The molecule has 6 nitrogen and oxygen atoms in total. The number of sulfonamides is 1. The molecule has 4 aromatic carbocycles. The van der Waals surface area contributed by atoms with Crippen molar-refractivity contribution in [3.8, 4) is 11.1 Å². The summed E-state index contributed by atoms with van der Waals surface area (Å²) in [5.41, 5.74) is 6.28. The highest BCUT2D eigenvalue weighted by atomic mass is 32.2. The number of carbonyl (C=O) groups is 1. The molecule has 1 aromatic heterocycles. The minimum atomic E-state index is -3.81. The van der Waals surface area contributed by atoms with Gasteiger partial charge in [-0.15, -0.1) is 0 Å². The number of aryl methyl sites for hydroxylation is 1. The van der Waals surface area contributed by atoms with Gasteiger partial charge < -0.3 is 10.3 Å². The summed E-state index contributed by atoms with van der Waals surface area (Å²) in [6, 6.07) is 29.8. The third-order valence-corrected chi connectivity index (χ3v) is 8.34. The van der Waals surface area contributed by atoms with E-state index in [1.807, 2.05) is 73.7 Å². The van der Waals surface area contributed by atoms with Gasteiger partial charge in [0.05, 0.1) is 4.90 Å². The van der Waals surface area contributed by atoms with Crippen molar-refractivity contribution in [2.45, 2.75) is 44.6 Å². The molecule has 5 rings (SSSR count). The first kappa shape index (κ1) is 27.2. The third-order valence-electron chi connectivity index (χ3n) is 6.94. The Morgan fingerprint density at radius 1 is 0.850 bits per heavy atom. The monoisotopic (exact) mass is 551 g/mol. The van der Waals surface area contributed by atoms with Gasteiger partial charge in [0.2, 0.25) is 0 Å². The lowest BCUT2D eigenvalue weighted by atomic mass is 9.87. The zero-order valence-electron chi connectivity index (χ0n) is 23.1. The fourth-order valence-corrected chi connectivity index (χ4v) is 5.70. The number of carbonyl (C=O) groups excluding carboxylic acids is 1. The first-order valence-corrected chi connectivity index (χ1v) is 14.7. The topological polar surface area (TPSA) is 91.1 Å². The molecule has 40 heavy (non-hydrogen) atoms. The fraction of sp³-hybridized carbons (Fsp3) is 0.182. The normalized spacial score (nSPS) is 11.9. The highest BCUT2D eigenvalue weighted by Gasteiger charge is 2.21. The number of rotatable bonds is 7. The number of hydrogen-bond acceptors (Lipinski definition) is 3. The number of aromatic amines is 1. The fourth-order valence-electron chi connectivity index (χ4n) is 4.66. The van der Waals surface area contributed by atoms with Crippen LogP contribution in [0.2, 0.25) is 0 Å². The molecule has 0 bridgehead atoms. The zero-order valence-corrected chi connectivity index (χ0v) is 23.9. The molecule has 0 saturated carbocycles. The first-order valence-electron chi connectivity index (χ1n) is 13.2. The Morgan fingerprint density at radius 2 is 1.52 bits per heavy atom. The molecular formula is C33H33N3O3S. The molecule has 0 radical (unpaired) electrons. The highest BCUT2D eigenvalue weighted by molar-refractivity contribution is 7.92. The van der Waals surface area contributed by atoms with Crippen LogP contribution in [0.3, 0.4) is 0 Å². The van der Waals surface area contributed by atoms with Gasteiger partial charge in [-0.1, -0.05) is 93.1 Å². The van der Waals surface area contributed by atoms with Gasteiger partial charge in [0, 0.05) is 28.7 Å². The lowest BCUT2D eigenvalue weighted by Gasteiger charge is -2.19. The number of aromatic nitrogens is 1. The van der Waals surface area contributed by atoms with Gasteiger partial charge in [-0.3, -0.25) is 9.52 Å². The summed E-state index contributed by atoms with van der Waals surface area (Å²) in [4.78, 5) is 16.8. The van der Waals surface area contributed by atoms with Crippen LogP contribution in [0.15, 0.2) is 102 Å². The Labute approximate surface area is 235 Å². The molecule has 1 amide bonds. The van der Waals surface area contributed by atoms with E-state index in [9.17, 15) is 13.2 Å². The Bertz CT molecular complexity index is 1770. The van der Waals surface area contributed by atoms with Gasteiger partial charge in [-0.2, -0.15) is 0 Å². The number of amides is 1. The average Bonchev–Trinajstić information content (AvgIpc) is 3.31. The number of H-pyrrole nitrogens is 1. The SMILES string of the molecule is Cc1ccc(CNC(=O)c2[nH]c3ccc(NS(=O)(=O)c4ccc(C(C)(C)C)cc4)cc3c2-c2ccccc2)cc1. The number of fused-ring (bicyclic) bond motifs is 1. The number of hydrogen-bond donors (Lipinski definition) is 3. The van der Waals surface area contributed by atoms with Crippen LogP contribution in [-0.2, 0) is 22.0 Å². The maximum atomic E-state index is 13.4. The van der Waals surface area contributed by atoms with Crippen molar-refractivity contribution in [1.29, 1.82) is 0 Å². The molecule has 3 N–H and O–H groups in total. The maximum absolute atomic E-state index is 13.4. The number of anilines is 1. The largest absolute Gasteiger partial charge is 0.350 e. The van der Waals surface area contributed by atoms with E-state index < -0.39 is 10.0 Å². The molecular weight excluding hydrogens is 518 g/mol. The van der Waals surface area contributed by atoms with Gasteiger partial charge in [-0.05, 0) is 59.4 Å². The van der Waals surface area contributed by atoms with Crippen molar-refractivity contribution >= 4 is 32.5 Å². The lowest BCUT2D eigenvalue weighted by molar-refractivity contribution is 0.0947. The number of nitrogens with one attached hydrogen (secondary N) is 3. The second-order valence-electron chi connectivity index (χ2n) is 11.0. The summed E-state index contributed by atoms with van der Waals surface area (Å²) < 4.78 is 29.2. The summed E-state index contributed by atoms with van der Waals surface area (Å²) in [6.45, 7) is 8.67. The molecule has 0 aliphatic heterocycles. The second kappa shape index (κ2) is 10.7. The van der Waals surface area contributed by atoms with Crippen LogP contribution in [0, 0.1) is 6.92 Å². The van der Waals surface area contributed by atoms with E-state index in [1.165, 1.54) is 0 Å². The van der Waals surface area contributed by atoms with Gasteiger partial charge >= 0.3 is 0 Å². The summed E-state index contributed by atoms with van der Waals surface area (Å²) >= 11 is 0. The van der Waals surface area contributed by atoms with Gasteiger partial charge in [0.15, 0.2) is 0 Å². The van der Waals surface area contributed by atoms with Crippen LogP contribution >= 0.6 is 0 Å². The van der Waals surface area contributed by atoms with E-state index in [2.05, 4.69) is 35.8 Å². The maximum Gasteiger partial charge on any atom is 0.268 e. The van der Waals surface area contributed by atoms with Crippen molar-refractivity contribution in [2.24, 2.45) is 0 Å². The lowest BCUT2D eigenvalue weighted by Crippen LogP contribution is -2.23. The predicted molar refractivity (Wildman–Crippen MR) is 162 cm³/mol. The molecule has 0 aliphatic rings. The van der Waals surface area contributed by atoms with Crippen molar-refractivity contribution in [2.75, 3.05) is 4.72 Å². The van der Waals surface area contributed by atoms with Crippen LogP contribution in [-0.4, -0.2) is 19.3 Å². The molecule has 204 valence electrons. The van der Waals surface area contributed by atoms with E-state index in [1.54, 1.807) is 30.3 Å². The Morgan fingerprint density at radius 3 is 2.17 bits per heavy atom. The minimum absolute atomic E-state index is 0.0764. The smallest absolute Gasteiger partial charge is 0.268 e. The zero-order chi connectivity index (χ0) is 28.5. The molecule has 0 saturated heterocycles. The molecule has 0 spiro atoms. The van der Waals surface area contributed by atoms with Crippen molar-refractivity contribution in [3.05, 3.63) is 119 Å². The summed E-state index contributed by atoms with van der Waals surface area (Å²) in [7, 11) is -3.81. The van der Waals surface area contributed by atoms with Crippen LogP contribution in [0.4, 0.5) is 5.69 Å². The average molecular weight is 552 g/mol. The van der Waals surface area contributed by atoms with Crippen molar-refractivity contribution < 1.29 is 13.2 Å². The quantitative estimate of drug-likeness (QED) is 0.200. The highest BCUT2D eigenvalue weighted by Crippen LogP contribution is 2.35. The van der Waals surface area contributed by atoms with E-state index >= 15 is 0 Å². The van der Waals surface area contributed by atoms with Crippen molar-refractivity contribution in [1.82, 2.24) is 10.3 Å². The molecule has 5 aromatic rings. The van der Waals surface area contributed by atoms with E-state index in [4.69, 9.17) is 0 Å². The summed E-state index contributed by atoms with van der Waals surface area (Å²) in [5, 5.41) is 3.76. The molecule has 7 heteroatoms. The van der Waals surface area contributed by atoms with E-state index in [-0.39, 0.29) is 16.2 Å². The predicted octanol–water partition coefficient (Wildman–Crippen LogP) is 7.17. The standard InChI is InChI=1S/C33H33N3O3S/c1-22-10-12-23(13-11-22)21-34-32(37)31-30(24-8-6-5-7-9-24)28-20-26(16-19-29(28)35-31)36-40(38,39)27-17-14-25(15-18-27)33(2,3)4/h5-20,35-36H,21H2,1-4H3,(H,34,37). The van der Waals surface area contributed by atoms with Crippen LogP contribution in [0.1, 0.15) is 48.0 Å². The van der Waals surface area contributed by atoms with Crippen LogP contribution < -0.4 is 10.0 Å². The second-order valence-corrected chi connectivity index (χ2v) is 12.7. The minimum Gasteiger partial charge on any atom is -0.350 e. The van der Waals surface area contributed by atoms with Gasteiger partial charge in [-0.25, -0.2) is 8.42 Å². The summed E-state index contributed by atoms with van der Waals surface area (Å²) in [6.07, 6.45) is 0. The molecule has 0 fully saturated rings. The van der Waals surface area contributed by atoms with Crippen molar-refractivity contribution in [3.63, 3.8) is 0 Å². The van der Waals surface area contributed by atoms with E-state index in [0.717, 1.165) is 33.2 Å². The summed E-state index contributed by atoms with van der Waals surface area (Å²) in [5.74, 6) is -0.239. The Balaban J connectivity index is 1.48. The Hall–Kier alpha value is -4.36. The van der Waals surface area contributed by atoms with Gasteiger partial charge in [0.25, 0.3) is 15.9 Å². The Kier molecular flexibility index (Phi) is 7.25. The number of benzene rings is 4. The van der Waals surface area contributed by atoms with Crippen LogP contribution in [0.5, 0.6) is 0 Å². The molecule has 0 unspecified atom stereocenters. The van der Waals surface area contributed by atoms with E-state index in [0.29, 0.717) is 23.5 Å². The molecule has 0 atom stereocenters. The molecule has 1 heterocycles.